The van der Waals surface area contributed by atoms with Crippen molar-refractivity contribution in [2.75, 3.05) is 4.90 Å². The van der Waals surface area contributed by atoms with Crippen molar-refractivity contribution in [3.8, 4) is 5.75 Å². The molecule has 6 heteroatoms. The maximum absolute atomic E-state index is 13.4. The minimum atomic E-state index is -0.791. The molecule has 0 aliphatic carbocycles. The minimum absolute atomic E-state index is 0.0533. The fourth-order valence-electron chi connectivity index (χ4n) is 4.31. The number of β-lactam (4-membered cyclic amide) rings is 1. The number of carbonyl (C=O) groups excluding carboxylic acids is 1. The predicted molar refractivity (Wildman–Crippen MR) is 123 cm³/mol. The number of hydrogen-bond acceptors (Lipinski definition) is 3. The molecule has 1 unspecified atom stereocenters. The largest absolute Gasteiger partial charge is 0.491 e. The molecule has 1 aliphatic heterocycles. The maximum Gasteiger partial charge on any atom is 0.233 e. The lowest BCUT2D eigenvalue weighted by molar-refractivity contribution is -0.131. The summed E-state index contributed by atoms with van der Waals surface area (Å²) in [6.45, 7) is 3.91. The zero-order valence-electron chi connectivity index (χ0n) is 18.6. The number of hydrogen-bond donors (Lipinski definition) is 1. The van der Waals surface area contributed by atoms with Crippen molar-refractivity contribution in [2.24, 2.45) is 5.92 Å². The zero-order chi connectivity index (χ0) is 23.5. The van der Waals surface area contributed by atoms with E-state index >= 15 is 0 Å². The van der Waals surface area contributed by atoms with Gasteiger partial charge in [0.2, 0.25) is 5.91 Å². The lowest BCUT2D eigenvalue weighted by atomic mass is 9.78. The van der Waals surface area contributed by atoms with Gasteiger partial charge in [0.1, 0.15) is 17.4 Å². The van der Waals surface area contributed by atoms with Gasteiger partial charge in [-0.25, -0.2) is 8.78 Å². The van der Waals surface area contributed by atoms with Gasteiger partial charge in [0.25, 0.3) is 0 Å². The molecule has 0 bridgehead atoms. The van der Waals surface area contributed by atoms with E-state index in [-0.39, 0.29) is 35.6 Å². The molecule has 3 aromatic rings. The van der Waals surface area contributed by atoms with E-state index in [9.17, 15) is 18.7 Å². The Labute approximate surface area is 192 Å². The Bertz CT molecular complexity index is 1080. The van der Waals surface area contributed by atoms with Gasteiger partial charge in [-0.05, 0) is 86.3 Å². The quantitative estimate of drug-likeness (QED) is 0.429. The molecule has 33 heavy (non-hydrogen) atoms. The minimum Gasteiger partial charge on any atom is -0.491 e. The monoisotopic (exact) mass is 451 g/mol. The van der Waals surface area contributed by atoms with Gasteiger partial charge in [0.15, 0.2) is 0 Å². The van der Waals surface area contributed by atoms with E-state index in [0.717, 1.165) is 11.3 Å². The molecule has 3 aromatic carbocycles. The Morgan fingerprint density at radius 3 is 2.06 bits per heavy atom. The molecular formula is C27H27F2NO3. The van der Waals surface area contributed by atoms with Gasteiger partial charge in [-0.2, -0.15) is 0 Å². The van der Waals surface area contributed by atoms with Crippen LogP contribution < -0.4 is 9.64 Å². The van der Waals surface area contributed by atoms with Crippen molar-refractivity contribution < 1.29 is 23.4 Å². The number of aliphatic hydroxyl groups excluding tert-OH is 1. The number of anilines is 1. The van der Waals surface area contributed by atoms with E-state index in [4.69, 9.17) is 4.74 Å². The first-order valence-electron chi connectivity index (χ1n) is 11.1. The normalized spacial score (nSPS) is 18.8. The van der Waals surface area contributed by atoms with Crippen LogP contribution in [0.4, 0.5) is 14.5 Å². The number of nitrogens with zero attached hydrogens (tertiary/aromatic N) is 1. The Morgan fingerprint density at radius 2 is 1.48 bits per heavy atom. The lowest BCUT2D eigenvalue weighted by Gasteiger charge is -2.48. The Hall–Kier alpha value is -3.25. The van der Waals surface area contributed by atoms with Crippen LogP contribution in [0.5, 0.6) is 5.75 Å². The van der Waals surface area contributed by atoms with Gasteiger partial charge in [-0.3, -0.25) is 4.79 Å². The zero-order valence-corrected chi connectivity index (χ0v) is 18.6. The first-order chi connectivity index (χ1) is 15.8. The maximum atomic E-state index is 13.4. The van der Waals surface area contributed by atoms with Crippen molar-refractivity contribution >= 4 is 11.6 Å². The van der Waals surface area contributed by atoms with Crippen molar-refractivity contribution in [3.63, 3.8) is 0 Å². The molecule has 4 nitrogen and oxygen atoms in total. The summed E-state index contributed by atoms with van der Waals surface area (Å²) in [5.41, 5.74) is 2.19. The highest BCUT2D eigenvalue weighted by atomic mass is 19.1. The molecule has 1 heterocycles. The molecule has 0 spiro atoms. The van der Waals surface area contributed by atoms with Gasteiger partial charge in [-0.15, -0.1) is 0 Å². The summed E-state index contributed by atoms with van der Waals surface area (Å²) < 4.78 is 32.4. The summed E-state index contributed by atoms with van der Waals surface area (Å²) in [5, 5.41) is 10.6. The first kappa shape index (κ1) is 22.9. The summed E-state index contributed by atoms with van der Waals surface area (Å²) >= 11 is 0. The van der Waals surface area contributed by atoms with Crippen molar-refractivity contribution in [1.29, 1.82) is 0 Å². The Kier molecular flexibility index (Phi) is 6.75. The molecule has 0 radical (unpaired) electrons. The van der Waals surface area contributed by atoms with Gasteiger partial charge in [0.05, 0.1) is 24.2 Å². The number of ether oxygens (including phenoxy) is 1. The number of rotatable bonds is 8. The number of halogens is 2. The fraction of sp³-hybridized carbons (Fsp3) is 0.296. The highest BCUT2D eigenvalue weighted by molar-refractivity contribution is 6.03. The summed E-state index contributed by atoms with van der Waals surface area (Å²) in [7, 11) is 0. The molecule has 3 atom stereocenters. The molecular weight excluding hydrogens is 424 g/mol. The van der Waals surface area contributed by atoms with Gasteiger partial charge < -0.3 is 14.7 Å². The molecule has 0 saturated carbocycles. The smallest absolute Gasteiger partial charge is 0.233 e. The molecule has 1 saturated heterocycles. The van der Waals surface area contributed by atoms with Gasteiger partial charge >= 0.3 is 0 Å². The third kappa shape index (κ3) is 5.06. The molecule has 1 aliphatic rings. The van der Waals surface area contributed by atoms with E-state index in [1.807, 2.05) is 38.1 Å². The summed E-state index contributed by atoms with van der Waals surface area (Å²) in [6, 6.07) is 19.0. The SMILES string of the molecule is CC(C)Oc1ccc([C@@H]2[C@@H](CCC(O)c3ccc(F)cc3)C(=O)N2c2ccc(F)cc2)cc1. The van der Waals surface area contributed by atoms with Crippen LogP contribution in [0.2, 0.25) is 0 Å². The molecule has 172 valence electrons. The van der Waals surface area contributed by atoms with Crippen LogP contribution in [0.25, 0.3) is 0 Å². The lowest BCUT2D eigenvalue weighted by Crippen LogP contribution is -2.55. The Morgan fingerprint density at radius 1 is 0.909 bits per heavy atom. The summed E-state index contributed by atoms with van der Waals surface area (Å²) in [5.74, 6) is -0.379. The second-order valence-corrected chi connectivity index (χ2v) is 8.62. The second kappa shape index (κ2) is 9.71. The molecule has 4 rings (SSSR count). The highest BCUT2D eigenvalue weighted by Crippen LogP contribution is 2.46. The third-order valence-electron chi connectivity index (χ3n) is 5.92. The highest BCUT2D eigenvalue weighted by Gasteiger charge is 2.48. The van der Waals surface area contributed by atoms with Crippen LogP contribution in [0, 0.1) is 17.6 Å². The standard InChI is InChI=1S/C27H27F2NO3/c1-17(2)33-23-13-5-19(6-14-23)26-24(15-16-25(31)18-3-7-20(28)8-4-18)27(32)30(26)22-11-9-21(29)10-12-22/h3-14,17,24-26,31H,15-16H2,1-2H3/t24-,25?,26-/m1/s1. The number of benzene rings is 3. The van der Waals surface area contributed by atoms with Crippen LogP contribution in [0.1, 0.15) is 50.0 Å². The van der Waals surface area contributed by atoms with Crippen molar-refractivity contribution in [2.45, 2.75) is 44.9 Å². The van der Waals surface area contributed by atoms with E-state index in [1.54, 1.807) is 29.2 Å². The van der Waals surface area contributed by atoms with Crippen LogP contribution in [-0.4, -0.2) is 17.1 Å². The number of amides is 1. The summed E-state index contributed by atoms with van der Waals surface area (Å²) in [4.78, 5) is 14.8. The summed E-state index contributed by atoms with van der Waals surface area (Å²) in [6.07, 6.45) is 0.0900. The topological polar surface area (TPSA) is 49.8 Å². The van der Waals surface area contributed by atoms with Gasteiger partial charge in [0, 0.05) is 5.69 Å². The molecule has 1 amide bonds. The first-order valence-corrected chi connectivity index (χ1v) is 11.1. The number of carbonyl (C=O) groups is 1. The van der Waals surface area contributed by atoms with E-state index < -0.39 is 6.10 Å². The van der Waals surface area contributed by atoms with Gasteiger partial charge in [-0.1, -0.05) is 24.3 Å². The Balaban J connectivity index is 1.55. The van der Waals surface area contributed by atoms with Crippen LogP contribution in [0.15, 0.2) is 72.8 Å². The average molecular weight is 452 g/mol. The van der Waals surface area contributed by atoms with Crippen molar-refractivity contribution in [1.82, 2.24) is 0 Å². The predicted octanol–water partition coefficient (Wildman–Crippen LogP) is 5.97. The molecule has 1 N–H and O–H groups in total. The number of aliphatic hydroxyl groups is 1. The van der Waals surface area contributed by atoms with Crippen LogP contribution in [0.3, 0.4) is 0 Å². The molecule has 0 aromatic heterocycles. The van der Waals surface area contributed by atoms with Crippen molar-refractivity contribution in [3.05, 3.63) is 95.6 Å². The van der Waals surface area contributed by atoms with E-state index in [2.05, 4.69) is 0 Å². The fourth-order valence-corrected chi connectivity index (χ4v) is 4.31. The third-order valence-corrected chi connectivity index (χ3v) is 5.92. The molecule has 1 fully saturated rings. The van der Waals surface area contributed by atoms with E-state index in [0.29, 0.717) is 24.1 Å². The van der Waals surface area contributed by atoms with Crippen LogP contribution >= 0.6 is 0 Å². The average Bonchev–Trinajstić information content (AvgIpc) is 2.79. The van der Waals surface area contributed by atoms with Crippen LogP contribution in [-0.2, 0) is 4.79 Å². The van der Waals surface area contributed by atoms with E-state index in [1.165, 1.54) is 24.3 Å². The second-order valence-electron chi connectivity index (χ2n) is 8.62.